The van der Waals surface area contributed by atoms with Gasteiger partial charge >= 0.3 is 0 Å². The molecule has 2 aromatic heterocycles. The van der Waals surface area contributed by atoms with Crippen LogP contribution in [0.2, 0.25) is 0 Å². The summed E-state index contributed by atoms with van der Waals surface area (Å²) in [6.45, 7) is 3.93. The quantitative estimate of drug-likeness (QED) is 0.538. The topological polar surface area (TPSA) is 60.1 Å². The van der Waals surface area contributed by atoms with Gasteiger partial charge in [0.2, 0.25) is 0 Å². The molecule has 7 nitrogen and oxygen atoms in total. The molecule has 0 unspecified atom stereocenters. The molecule has 0 spiro atoms. The van der Waals surface area contributed by atoms with Crippen molar-refractivity contribution in [2.24, 2.45) is 0 Å². The lowest BCUT2D eigenvalue weighted by molar-refractivity contribution is 0.0441. The van der Waals surface area contributed by atoms with Crippen LogP contribution in [0, 0.1) is 11.6 Å². The molecule has 0 radical (unpaired) electrons. The zero-order valence-electron chi connectivity index (χ0n) is 21.3. The summed E-state index contributed by atoms with van der Waals surface area (Å²) in [5.74, 6) is -0.608. The number of likely N-dealkylation sites (tertiary alicyclic amines) is 2. The van der Waals surface area contributed by atoms with Crippen molar-refractivity contribution in [3.05, 3.63) is 65.6 Å². The number of hydrogen-bond acceptors (Lipinski definition) is 6. The first-order valence-corrected chi connectivity index (χ1v) is 13.5. The summed E-state index contributed by atoms with van der Waals surface area (Å²) >= 11 is 0. The molecule has 1 N–H and O–H groups in total. The van der Waals surface area contributed by atoms with Gasteiger partial charge in [0, 0.05) is 50.4 Å². The number of piperidine rings is 2. The average molecular weight is 527 g/mol. The van der Waals surface area contributed by atoms with Gasteiger partial charge in [0.25, 0.3) is 0 Å². The van der Waals surface area contributed by atoms with Gasteiger partial charge in [-0.1, -0.05) is 0 Å². The summed E-state index contributed by atoms with van der Waals surface area (Å²) in [6, 6.07) is 6.80. The molecule has 3 aliphatic rings. The van der Waals surface area contributed by atoms with Crippen LogP contribution in [0.5, 0.6) is 0 Å². The molecule has 202 valence electrons. The Bertz CT molecular complexity index is 1300. The molecule has 0 saturated carbocycles. The molecule has 0 aliphatic carbocycles. The molecule has 3 aromatic rings. The van der Waals surface area contributed by atoms with Crippen LogP contribution in [0.1, 0.15) is 49.4 Å². The highest BCUT2D eigenvalue weighted by Gasteiger charge is 2.36. The number of halogens is 3. The molecule has 38 heavy (non-hydrogen) atoms. The first kappa shape index (κ1) is 25.2. The van der Waals surface area contributed by atoms with Crippen LogP contribution in [-0.2, 0) is 0 Å². The van der Waals surface area contributed by atoms with E-state index in [0.717, 1.165) is 75.8 Å². The normalized spacial score (nSPS) is 24.3. The third-order valence-electron chi connectivity index (χ3n) is 8.21. The van der Waals surface area contributed by atoms with E-state index in [-0.39, 0.29) is 24.6 Å². The maximum Gasteiger partial charge on any atom is 0.154 e. The number of nitrogens with zero attached hydrogens (tertiary/aromatic N) is 6. The van der Waals surface area contributed by atoms with Gasteiger partial charge in [-0.15, -0.1) is 5.10 Å². The zero-order chi connectivity index (χ0) is 26.2. The Morgan fingerprint density at radius 1 is 0.974 bits per heavy atom. The Morgan fingerprint density at radius 3 is 2.55 bits per heavy atom. The van der Waals surface area contributed by atoms with Crippen molar-refractivity contribution < 1.29 is 18.3 Å². The number of benzene rings is 1. The number of aromatic nitrogens is 3. The van der Waals surface area contributed by atoms with Gasteiger partial charge < -0.3 is 19.8 Å². The van der Waals surface area contributed by atoms with Gasteiger partial charge in [0.1, 0.15) is 23.6 Å². The van der Waals surface area contributed by atoms with E-state index in [4.69, 9.17) is 5.10 Å². The van der Waals surface area contributed by atoms with Crippen molar-refractivity contribution >= 4 is 17.5 Å². The van der Waals surface area contributed by atoms with E-state index in [1.807, 2.05) is 12.1 Å². The molecule has 3 fully saturated rings. The highest BCUT2D eigenvalue weighted by Crippen LogP contribution is 2.38. The van der Waals surface area contributed by atoms with Crippen molar-refractivity contribution in [2.45, 2.75) is 56.5 Å². The van der Waals surface area contributed by atoms with Gasteiger partial charge in [-0.25, -0.2) is 22.7 Å². The van der Waals surface area contributed by atoms with Crippen LogP contribution in [0.4, 0.5) is 19.0 Å². The molecular weight excluding hydrogens is 493 g/mol. The Labute approximate surface area is 220 Å². The summed E-state index contributed by atoms with van der Waals surface area (Å²) in [7, 11) is 0. The minimum atomic E-state index is -1.17. The number of aliphatic hydroxyl groups excluding tert-OH is 1. The van der Waals surface area contributed by atoms with Crippen molar-refractivity contribution in [1.29, 1.82) is 0 Å². The monoisotopic (exact) mass is 526 g/mol. The predicted octanol–water partition coefficient (Wildman–Crippen LogP) is 4.19. The van der Waals surface area contributed by atoms with Crippen LogP contribution in [-0.4, -0.2) is 80.5 Å². The number of rotatable bonds is 5. The summed E-state index contributed by atoms with van der Waals surface area (Å²) in [6.07, 6.45) is 8.49. The first-order valence-electron chi connectivity index (χ1n) is 13.5. The number of alkyl halides is 1. The third-order valence-corrected chi connectivity index (χ3v) is 8.21. The lowest BCUT2D eigenvalue weighted by atomic mass is 9.99. The summed E-state index contributed by atoms with van der Waals surface area (Å²) in [5.41, 5.74) is 1.59. The Hall–Kier alpha value is -3.11. The number of anilines is 1. The second kappa shape index (κ2) is 10.6. The Kier molecular flexibility index (Phi) is 7.01. The van der Waals surface area contributed by atoms with Crippen LogP contribution < -0.4 is 4.90 Å². The second-order valence-electron chi connectivity index (χ2n) is 10.7. The Morgan fingerprint density at radius 2 is 1.76 bits per heavy atom. The van der Waals surface area contributed by atoms with Crippen LogP contribution >= 0.6 is 0 Å². The lowest BCUT2D eigenvalue weighted by Gasteiger charge is -2.40. The number of aliphatic hydroxyl groups is 1. The number of fused-ring (bicyclic) bond motifs is 1. The van der Waals surface area contributed by atoms with Gasteiger partial charge in [-0.05, 0) is 62.1 Å². The number of imidazole rings is 1. The van der Waals surface area contributed by atoms with Crippen LogP contribution in [0.15, 0.2) is 42.7 Å². The van der Waals surface area contributed by atoms with E-state index < -0.39 is 23.8 Å². The fraction of sp³-hybridized carbons (Fsp3) is 0.500. The summed E-state index contributed by atoms with van der Waals surface area (Å²) in [4.78, 5) is 11.0. The minimum absolute atomic E-state index is 0.0594. The second-order valence-corrected chi connectivity index (χ2v) is 10.7. The van der Waals surface area contributed by atoms with E-state index in [0.29, 0.717) is 17.5 Å². The molecule has 2 atom stereocenters. The highest BCUT2D eigenvalue weighted by atomic mass is 19.1. The van der Waals surface area contributed by atoms with E-state index in [1.54, 1.807) is 21.7 Å². The fourth-order valence-corrected chi connectivity index (χ4v) is 6.08. The molecular formula is C28H33F3N6O. The smallest absolute Gasteiger partial charge is 0.154 e. The van der Waals surface area contributed by atoms with Crippen molar-refractivity contribution in [3.63, 3.8) is 0 Å². The largest absolute Gasteiger partial charge is 0.393 e. The average Bonchev–Trinajstić information content (AvgIpc) is 3.52. The van der Waals surface area contributed by atoms with Crippen LogP contribution in [0.3, 0.4) is 0 Å². The Balaban J connectivity index is 1.17. The van der Waals surface area contributed by atoms with Gasteiger partial charge in [-0.2, -0.15) is 0 Å². The molecule has 10 heteroatoms. The van der Waals surface area contributed by atoms with Crippen molar-refractivity contribution in [3.8, 4) is 0 Å². The molecule has 0 bridgehead atoms. The minimum Gasteiger partial charge on any atom is -0.393 e. The predicted molar refractivity (Wildman–Crippen MR) is 139 cm³/mol. The van der Waals surface area contributed by atoms with E-state index in [9.17, 15) is 18.3 Å². The summed E-state index contributed by atoms with van der Waals surface area (Å²) < 4.78 is 44.7. The fourth-order valence-electron chi connectivity index (χ4n) is 6.08. The van der Waals surface area contributed by atoms with E-state index in [1.165, 1.54) is 0 Å². The molecule has 3 aliphatic heterocycles. The number of hydrogen-bond donors (Lipinski definition) is 1. The third kappa shape index (κ3) is 5.11. The highest BCUT2D eigenvalue weighted by molar-refractivity contribution is 5.55. The zero-order valence-corrected chi connectivity index (χ0v) is 21.3. The summed E-state index contributed by atoms with van der Waals surface area (Å²) in [5, 5.41) is 14.5. The van der Waals surface area contributed by atoms with Crippen molar-refractivity contribution in [2.75, 3.05) is 37.6 Å². The SMILES string of the molecule is OC1CCN(C2CCN(/C=C/c3cnc4ccc(N5C[C@@H](F)C[C@@H]5c5cc(F)ccc5F)nn34)CC2)CC1. The van der Waals surface area contributed by atoms with Gasteiger partial charge in [0.05, 0.1) is 30.6 Å². The lowest BCUT2D eigenvalue weighted by Crippen LogP contribution is -2.47. The standard InChI is InChI=1S/C28H33F3N6O/c29-19-1-2-25(31)24(15-19)26-16-20(30)18-36(26)28-4-3-27-32-17-22(37(27)33-28)7-12-34-10-5-21(6-11-34)35-13-8-23(38)9-14-35/h1-4,7,12,15,17,20-21,23,26,38H,5-6,8-11,13-14,16,18H2/b12-7+/t20-,26+/m0/s1. The van der Waals surface area contributed by atoms with E-state index >= 15 is 0 Å². The molecule has 3 saturated heterocycles. The maximum atomic E-state index is 14.5. The molecule has 5 heterocycles. The van der Waals surface area contributed by atoms with E-state index in [2.05, 4.69) is 21.0 Å². The molecule has 1 aromatic carbocycles. The molecule has 6 rings (SSSR count). The van der Waals surface area contributed by atoms with Crippen LogP contribution in [0.25, 0.3) is 11.7 Å². The van der Waals surface area contributed by atoms with Crippen molar-refractivity contribution in [1.82, 2.24) is 24.4 Å². The maximum absolute atomic E-state index is 14.5. The molecule has 0 amide bonds. The first-order chi connectivity index (χ1) is 18.4. The van der Waals surface area contributed by atoms with Gasteiger partial charge in [0.15, 0.2) is 5.65 Å². The van der Waals surface area contributed by atoms with Gasteiger partial charge in [-0.3, -0.25) is 0 Å².